The molecule has 0 unspecified atom stereocenters. The van der Waals surface area contributed by atoms with Gasteiger partial charge in [0.05, 0.1) is 17.5 Å². The van der Waals surface area contributed by atoms with Crippen molar-refractivity contribution in [3.8, 4) is 11.6 Å². The van der Waals surface area contributed by atoms with E-state index in [1.807, 2.05) is 43.3 Å². The average molecular weight is 431 g/mol. The van der Waals surface area contributed by atoms with Gasteiger partial charge >= 0.3 is 5.91 Å². The Labute approximate surface area is 184 Å². The molecule has 0 atom stereocenters. The van der Waals surface area contributed by atoms with Crippen LogP contribution in [0, 0.1) is 0 Å². The minimum Gasteiger partial charge on any atom is -0.486 e. The highest BCUT2D eigenvalue weighted by Crippen LogP contribution is 2.15. The van der Waals surface area contributed by atoms with Crippen molar-refractivity contribution in [3.63, 3.8) is 0 Å². The minimum absolute atomic E-state index is 0.0526. The zero-order chi connectivity index (χ0) is 22.3. The summed E-state index contributed by atoms with van der Waals surface area (Å²) in [5.41, 5.74) is 5.78. The molecule has 32 heavy (non-hydrogen) atoms. The Hall–Kier alpha value is -4.40. The van der Waals surface area contributed by atoms with Crippen molar-refractivity contribution in [1.29, 1.82) is 0 Å². The summed E-state index contributed by atoms with van der Waals surface area (Å²) in [6, 6.07) is 17.9. The van der Waals surface area contributed by atoms with Gasteiger partial charge in [0, 0.05) is 6.20 Å². The molecule has 0 aliphatic carbocycles. The van der Waals surface area contributed by atoms with E-state index in [2.05, 4.69) is 20.9 Å². The van der Waals surface area contributed by atoms with E-state index in [4.69, 9.17) is 9.15 Å². The van der Waals surface area contributed by atoms with Crippen molar-refractivity contribution < 1.29 is 18.7 Å². The summed E-state index contributed by atoms with van der Waals surface area (Å²) in [5.74, 6) is 0.761. The highest BCUT2D eigenvalue weighted by atomic mass is 16.5. The minimum atomic E-state index is -0.584. The number of hydrogen-bond donors (Lipinski definition) is 2. The molecular formula is C23H21N5O4. The van der Waals surface area contributed by atoms with Gasteiger partial charge in [0.15, 0.2) is 11.6 Å². The highest BCUT2D eigenvalue weighted by Gasteiger charge is 2.19. The first-order valence-corrected chi connectivity index (χ1v) is 10.0. The van der Waals surface area contributed by atoms with E-state index in [-0.39, 0.29) is 12.4 Å². The van der Waals surface area contributed by atoms with Crippen LogP contribution < -0.4 is 15.6 Å². The number of amides is 2. The highest BCUT2D eigenvalue weighted by molar-refractivity contribution is 5.98. The summed E-state index contributed by atoms with van der Waals surface area (Å²) in [7, 11) is 0. The van der Waals surface area contributed by atoms with Gasteiger partial charge in [-0.25, -0.2) is 9.67 Å². The number of furan rings is 1. The maximum absolute atomic E-state index is 12.6. The molecule has 162 valence electrons. The number of nitrogens with one attached hydrogen (secondary N) is 2. The van der Waals surface area contributed by atoms with Crippen LogP contribution in [-0.4, -0.2) is 26.6 Å². The smallest absolute Gasteiger partial charge is 0.305 e. The number of carbonyl (C=O) groups is 2. The monoisotopic (exact) mass is 431 g/mol. The van der Waals surface area contributed by atoms with Gasteiger partial charge in [0.2, 0.25) is 0 Å². The number of nitrogens with zero attached hydrogens (tertiary/aromatic N) is 3. The van der Waals surface area contributed by atoms with Crippen LogP contribution in [0.1, 0.15) is 39.3 Å². The topological polar surface area (TPSA) is 111 Å². The Balaban J connectivity index is 1.36. The molecule has 9 heteroatoms. The van der Waals surface area contributed by atoms with Crippen LogP contribution in [-0.2, 0) is 13.0 Å². The fraction of sp³-hybridized carbons (Fsp3) is 0.130. The second-order valence-electron chi connectivity index (χ2n) is 6.73. The second-order valence-corrected chi connectivity index (χ2v) is 6.73. The lowest BCUT2D eigenvalue weighted by atomic mass is 10.2. The van der Waals surface area contributed by atoms with Gasteiger partial charge in [0.25, 0.3) is 5.91 Å². The Bertz CT molecular complexity index is 1200. The molecule has 2 amide bonds. The molecule has 0 aliphatic rings. The van der Waals surface area contributed by atoms with Crippen LogP contribution in [0.3, 0.4) is 0 Å². The van der Waals surface area contributed by atoms with E-state index < -0.39 is 11.8 Å². The molecule has 0 bridgehead atoms. The van der Waals surface area contributed by atoms with Crippen molar-refractivity contribution in [1.82, 2.24) is 25.6 Å². The van der Waals surface area contributed by atoms with E-state index in [0.717, 1.165) is 0 Å². The van der Waals surface area contributed by atoms with Crippen LogP contribution in [0.5, 0.6) is 5.75 Å². The van der Waals surface area contributed by atoms with Gasteiger partial charge in [-0.2, -0.15) is 5.10 Å². The van der Waals surface area contributed by atoms with Crippen LogP contribution in [0.15, 0.2) is 77.5 Å². The van der Waals surface area contributed by atoms with Crippen molar-refractivity contribution in [2.45, 2.75) is 20.0 Å². The number of pyridine rings is 1. The average Bonchev–Trinajstić information content (AvgIpc) is 3.49. The third-order valence-electron chi connectivity index (χ3n) is 4.61. The predicted octanol–water partition coefficient (Wildman–Crippen LogP) is 3.08. The molecule has 0 spiro atoms. The Kier molecular flexibility index (Phi) is 6.26. The summed E-state index contributed by atoms with van der Waals surface area (Å²) >= 11 is 0. The van der Waals surface area contributed by atoms with E-state index in [1.54, 1.807) is 29.1 Å². The maximum atomic E-state index is 12.6. The van der Waals surface area contributed by atoms with Gasteiger partial charge < -0.3 is 9.15 Å². The molecule has 1 aromatic carbocycles. The molecule has 4 aromatic rings. The number of ether oxygens (including phenoxy) is 1. The second kappa shape index (κ2) is 9.61. The molecule has 0 saturated heterocycles. The predicted molar refractivity (Wildman–Crippen MR) is 115 cm³/mol. The number of aromatic nitrogens is 3. The normalized spacial score (nSPS) is 10.5. The van der Waals surface area contributed by atoms with Gasteiger partial charge in [0.1, 0.15) is 18.1 Å². The SMILES string of the molecule is CCc1c(C(=O)NNC(=O)c2ccc(COc3ccccc3)o2)cnn1-c1ccccn1. The van der Waals surface area contributed by atoms with Crippen molar-refractivity contribution in [2.75, 3.05) is 0 Å². The van der Waals surface area contributed by atoms with E-state index >= 15 is 0 Å². The molecule has 0 radical (unpaired) electrons. The maximum Gasteiger partial charge on any atom is 0.305 e. The lowest BCUT2D eigenvalue weighted by molar-refractivity contribution is 0.0828. The summed E-state index contributed by atoms with van der Waals surface area (Å²) in [5, 5.41) is 4.26. The summed E-state index contributed by atoms with van der Waals surface area (Å²) in [6.45, 7) is 2.09. The number of hydrogen-bond acceptors (Lipinski definition) is 6. The zero-order valence-electron chi connectivity index (χ0n) is 17.3. The molecule has 2 N–H and O–H groups in total. The van der Waals surface area contributed by atoms with Gasteiger partial charge in [-0.1, -0.05) is 31.2 Å². The third-order valence-corrected chi connectivity index (χ3v) is 4.61. The Morgan fingerprint density at radius 1 is 1.00 bits per heavy atom. The first-order valence-electron chi connectivity index (χ1n) is 10.0. The van der Waals surface area contributed by atoms with Crippen LogP contribution in [0.4, 0.5) is 0 Å². The molecule has 0 saturated carbocycles. The molecule has 3 heterocycles. The molecular weight excluding hydrogens is 410 g/mol. The van der Waals surface area contributed by atoms with E-state index in [1.165, 1.54) is 12.3 Å². The summed E-state index contributed by atoms with van der Waals surface area (Å²) in [6.07, 6.45) is 3.65. The van der Waals surface area contributed by atoms with E-state index in [9.17, 15) is 9.59 Å². The zero-order valence-corrected chi connectivity index (χ0v) is 17.3. The molecule has 3 aromatic heterocycles. The first kappa shape index (κ1) is 20.9. The third kappa shape index (κ3) is 4.67. The van der Waals surface area contributed by atoms with Crippen LogP contribution >= 0.6 is 0 Å². The van der Waals surface area contributed by atoms with Gasteiger partial charge in [-0.05, 0) is 42.8 Å². The van der Waals surface area contributed by atoms with Gasteiger partial charge in [-0.15, -0.1) is 0 Å². The van der Waals surface area contributed by atoms with Crippen molar-refractivity contribution in [2.24, 2.45) is 0 Å². The lowest BCUT2D eigenvalue weighted by Gasteiger charge is -2.08. The summed E-state index contributed by atoms with van der Waals surface area (Å²) < 4.78 is 12.7. The number of benzene rings is 1. The number of rotatable bonds is 7. The van der Waals surface area contributed by atoms with Crippen molar-refractivity contribution >= 4 is 11.8 Å². The van der Waals surface area contributed by atoms with E-state index in [0.29, 0.717) is 35.0 Å². The fourth-order valence-electron chi connectivity index (χ4n) is 3.07. The lowest BCUT2D eigenvalue weighted by Crippen LogP contribution is -2.41. The molecule has 0 fully saturated rings. The number of hydrazine groups is 1. The van der Waals surface area contributed by atoms with Gasteiger partial charge in [-0.3, -0.25) is 20.4 Å². The summed E-state index contributed by atoms with van der Waals surface area (Å²) in [4.78, 5) is 29.2. The fourth-order valence-corrected chi connectivity index (χ4v) is 3.07. The number of para-hydroxylation sites is 1. The van der Waals surface area contributed by atoms with Crippen LogP contribution in [0.2, 0.25) is 0 Å². The quantitative estimate of drug-likeness (QED) is 0.435. The molecule has 9 nitrogen and oxygen atoms in total. The molecule has 0 aliphatic heterocycles. The molecule has 4 rings (SSSR count). The first-order chi connectivity index (χ1) is 15.7. The Morgan fingerprint density at radius 2 is 1.78 bits per heavy atom. The van der Waals surface area contributed by atoms with Crippen LogP contribution in [0.25, 0.3) is 5.82 Å². The van der Waals surface area contributed by atoms with Crippen molar-refractivity contribution in [3.05, 3.63) is 95.8 Å². The largest absolute Gasteiger partial charge is 0.486 e. The Morgan fingerprint density at radius 3 is 2.53 bits per heavy atom. The number of carbonyl (C=O) groups excluding carboxylic acids is 2. The standard InChI is InChI=1S/C23H21N5O4/c1-2-19-18(14-25-28(19)21-10-6-7-13-24-21)22(29)26-27-23(30)20-12-11-17(32-20)15-31-16-8-4-3-5-9-16/h3-14H,2,15H2,1H3,(H,26,29)(H,27,30).